The smallest absolute Gasteiger partial charge is 0.244 e. The van der Waals surface area contributed by atoms with Gasteiger partial charge in [-0.2, -0.15) is 0 Å². The highest BCUT2D eigenvalue weighted by Crippen LogP contribution is 2.34. The first-order valence-corrected chi connectivity index (χ1v) is 8.17. The summed E-state index contributed by atoms with van der Waals surface area (Å²) in [5.41, 5.74) is 0. The van der Waals surface area contributed by atoms with Crippen LogP contribution in [0.1, 0.15) is 4.88 Å². The molecular formula is C18H15NO4S. The molecular weight excluding hydrogens is 326 g/mol. The number of thiophene rings is 1. The lowest BCUT2D eigenvalue weighted by atomic mass is 10.3. The van der Waals surface area contributed by atoms with E-state index in [1.807, 2.05) is 17.5 Å². The lowest BCUT2D eigenvalue weighted by Crippen LogP contribution is -2.21. The van der Waals surface area contributed by atoms with Gasteiger partial charge in [-0.1, -0.05) is 17.9 Å². The Labute approximate surface area is 143 Å². The van der Waals surface area contributed by atoms with Crippen molar-refractivity contribution in [3.63, 3.8) is 0 Å². The van der Waals surface area contributed by atoms with Gasteiger partial charge in [0.1, 0.15) is 12.4 Å². The Morgan fingerprint density at radius 2 is 2.21 bits per heavy atom. The number of fused-ring (bicyclic) bond motifs is 1. The van der Waals surface area contributed by atoms with E-state index in [4.69, 9.17) is 14.2 Å². The van der Waals surface area contributed by atoms with Gasteiger partial charge in [0.05, 0.1) is 6.54 Å². The number of hydrogen-bond donors (Lipinski definition) is 1. The molecule has 0 bridgehead atoms. The van der Waals surface area contributed by atoms with E-state index in [0.717, 1.165) is 4.88 Å². The maximum Gasteiger partial charge on any atom is 0.244 e. The molecule has 1 aliphatic heterocycles. The topological polar surface area (TPSA) is 56.8 Å². The van der Waals surface area contributed by atoms with E-state index in [-0.39, 0.29) is 25.9 Å². The van der Waals surface area contributed by atoms with Crippen molar-refractivity contribution >= 4 is 23.3 Å². The van der Waals surface area contributed by atoms with Crippen molar-refractivity contribution in [2.45, 2.75) is 0 Å². The second-order valence-corrected chi connectivity index (χ2v) is 5.70. The molecule has 0 radical (unpaired) electrons. The van der Waals surface area contributed by atoms with E-state index in [9.17, 15) is 4.79 Å². The van der Waals surface area contributed by atoms with Gasteiger partial charge in [-0.15, -0.1) is 11.3 Å². The summed E-state index contributed by atoms with van der Waals surface area (Å²) >= 11 is 1.58. The monoisotopic (exact) mass is 341 g/mol. The minimum absolute atomic E-state index is 0.172. The highest BCUT2D eigenvalue weighted by Gasteiger charge is 2.13. The Hall–Kier alpha value is -2.91. The van der Waals surface area contributed by atoms with Crippen LogP contribution >= 0.6 is 11.3 Å². The summed E-state index contributed by atoms with van der Waals surface area (Å²) in [6.45, 7) is 0.748. The molecule has 122 valence electrons. The van der Waals surface area contributed by atoms with Crippen LogP contribution in [0.2, 0.25) is 0 Å². The number of carbonyl (C=O) groups excluding carboxylic acids is 1. The van der Waals surface area contributed by atoms with Crippen LogP contribution in [0, 0.1) is 11.8 Å². The average Bonchev–Trinajstić information content (AvgIpc) is 3.26. The average molecular weight is 341 g/mol. The van der Waals surface area contributed by atoms with Gasteiger partial charge >= 0.3 is 0 Å². The van der Waals surface area contributed by atoms with Gasteiger partial charge in [0.15, 0.2) is 11.5 Å². The maximum atomic E-state index is 11.6. The summed E-state index contributed by atoms with van der Waals surface area (Å²) < 4.78 is 16.0. The normalized spacial score (nSPS) is 11.8. The number of amides is 1. The molecule has 1 amide bonds. The quantitative estimate of drug-likeness (QED) is 0.671. The standard InChI is InChI=1S/C18H15NO4S/c20-18(8-6-15-4-3-11-24-15)19-9-1-2-10-21-14-5-7-16-17(12-14)23-13-22-16/h3-8,11-12H,9-10,13H2,(H,19,20)/b8-6+. The zero-order valence-corrected chi connectivity index (χ0v) is 13.6. The van der Waals surface area contributed by atoms with Gasteiger partial charge in [-0.25, -0.2) is 0 Å². The number of benzene rings is 1. The first-order chi connectivity index (χ1) is 11.8. The lowest BCUT2D eigenvalue weighted by molar-refractivity contribution is -0.116. The van der Waals surface area contributed by atoms with Gasteiger partial charge in [0, 0.05) is 17.0 Å². The van der Waals surface area contributed by atoms with Crippen LogP contribution in [0.15, 0.2) is 41.8 Å². The third-order valence-electron chi connectivity index (χ3n) is 3.07. The fraction of sp³-hybridized carbons (Fsp3) is 0.167. The number of rotatable bonds is 5. The Morgan fingerprint density at radius 1 is 1.29 bits per heavy atom. The molecule has 24 heavy (non-hydrogen) atoms. The summed E-state index contributed by atoms with van der Waals surface area (Å²) in [7, 11) is 0. The van der Waals surface area contributed by atoms with Crippen molar-refractivity contribution in [1.29, 1.82) is 0 Å². The molecule has 0 aliphatic carbocycles. The molecule has 1 aromatic heterocycles. The summed E-state index contributed by atoms with van der Waals surface area (Å²) in [5.74, 6) is 7.56. The van der Waals surface area contributed by atoms with Crippen LogP contribution in [0.25, 0.3) is 6.08 Å². The van der Waals surface area contributed by atoms with Crippen LogP contribution in [-0.4, -0.2) is 25.9 Å². The molecule has 0 fully saturated rings. The minimum atomic E-state index is -0.172. The van der Waals surface area contributed by atoms with Crippen LogP contribution in [-0.2, 0) is 4.79 Å². The molecule has 0 atom stereocenters. The summed E-state index contributed by atoms with van der Waals surface area (Å²) in [4.78, 5) is 12.6. The van der Waals surface area contributed by atoms with Crippen LogP contribution in [0.5, 0.6) is 17.2 Å². The predicted molar refractivity (Wildman–Crippen MR) is 92.2 cm³/mol. The van der Waals surface area contributed by atoms with Gasteiger partial charge in [0.2, 0.25) is 12.7 Å². The third kappa shape index (κ3) is 4.54. The minimum Gasteiger partial charge on any atom is -0.481 e. The molecule has 6 heteroatoms. The summed E-state index contributed by atoms with van der Waals surface area (Å²) in [6.07, 6.45) is 3.27. The zero-order chi connectivity index (χ0) is 16.6. The highest BCUT2D eigenvalue weighted by atomic mass is 32.1. The molecule has 0 saturated carbocycles. The molecule has 3 rings (SSSR count). The molecule has 2 heterocycles. The number of carbonyl (C=O) groups is 1. The molecule has 0 unspecified atom stereocenters. The second kappa shape index (κ2) is 8.09. The first kappa shape index (κ1) is 16.0. The predicted octanol–water partition coefficient (Wildman–Crippen LogP) is 2.69. The number of nitrogens with one attached hydrogen (secondary N) is 1. The van der Waals surface area contributed by atoms with Gasteiger partial charge < -0.3 is 19.5 Å². The van der Waals surface area contributed by atoms with Gasteiger partial charge in [-0.3, -0.25) is 4.79 Å². The number of ether oxygens (including phenoxy) is 3. The van der Waals surface area contributed by atoms with Crippen molar-refractivity contribution in [3.05, 3.63) is 46.7 Å². The largest absolute Gasteiger partial charge is 0.481 e. The number of hydrogen-bond acceptors (Lipinski definition) is 5. The molecule has 1 aliphatic rings. The van der Waals surface area contributed by atoms with E-state index in [2.05, 4.69) is 17.2 Å². The fourth-order valence-electron chi connectivity index (χ4n) is 1.93. The van der Waals surface area contributed by atoms with Crippen LogP contribution in [0.3, 0.4) is 0 Å². The van der Waals surface area contributed by atoms with E-state index in [1.165, 1.54) is 6.08 Å². The van der Waals surface area contributed by atoms with E-state index >= 15 is 0 Å². The first-order valence-electron chi connectivity index (χ1n) is 7.29. The fourth-order valence-corrected chi connectivity index (χ4v) is 2.55. The molecule has 5 nitrogen and oxygen atoms in total. The lowest BCUT2D eigenvalue weighted by Gasteiger charge is -2.02. The molecule has 0 spiro atoms. The van der Waals surface area contributed by atoms with Crippen molar-refractivity contribution in [1.82, 2.24) is 5.32 Å². The zero-order valence-electron chi connectivity index (χ0n) is 12.8. The Kier molecular flexibility index (Phi) is 5.38. The SMILES string of the molecule is O=C(/C=C/c1cccs1)NCC#CCOc1ccc2c(c1)OCO2. The van der Waals surface area contributed by atoms with Gasteiger partial charge in [0.25, 0.3) is 0 Å². The second-order valence-electron chi connectivity index (χ2n) is 4.72. The van der Waals surface area contributed by atoms with Crippen molar-refractivity contribution in [2.75, 3.05) is 19.9 Å². The molecule has 1 N–H and O–H groups in total. The molecule has 2 aromatic rings. The summed E-state index contributed by atoms with van der Waals surface area (Å²) in [5, 5.41) is 4.65. The molecule has 0 saturated heterocycles. The van der Waals surface area contributed by atoms with Crippen molar-refractivity contribution in [3.8, 4) is 29.1 Å². The van der Waals surface area contributed by atoms with E-state index in [1.54, 1.807) is 35.6 Å². The van der Waals surface area contributed by atoms with Crippen molar-refractivity contribution in [2.24, 2.45) is 0 Å². The van der Waals surface area contributed by atoms with Gasteiger partial charge in [-0.05, 0) is 29.7 Å². The van der Waals surface area contributed by atoms with E-state index in [0.29, 0.717) is 17.2 Å². The third-order valence-corrected chi connectivity index (χ3v) is 3.91. The Balaban J connectivity index is 1.36. The van der Waals surface area contributed by atoms with E-state index < -0.39 is 0 Å². The Bertz CT molecular complexity index is 787. The maximum absolute atomic E-state index is 11.6. The van der Waals surface area contributed by atoms with Crippen LogP contribution < -0.4 is 19.5 Å². The van der Waals surface area contributed by atoms with Crippen molar-refractivity contribution < 1.29 is 19.0 Å². The highest BCUT2D eigenvalue weighted by molar-refractivity contribution is 7.10. The molecule has 1 aromatic carbocycles. The Morgan fingerprint density at radius 3 is 3.08 bits per heavy atom. The van der Waals surface area contributed by atoms with Crippen LogP contribution in [0.4, 0.5) is 0 Å². The summed E-state index contributed by atoms with van der Waals surface area (Å²) in [6, 6.07) is 9.24.